The Labute approximate surface area is 147 Å². The maximum absolute atomic E-state index is 12.0. The van der Waals surface area contributed by atoms with Crippen molar-refractivity contribution in [2.24, 2.45) is 0 Å². The molecule has 2 aromatic rings. The van der Waals surface area contributed by atoms with E-state index in [1.807, 2.05) is 46.1 Å². The van der Waals surface area contributed by atoms with Gasteiger partial charge in [-0.15, -0.1) is 0 Å². The molecule has 0 bridgehead atoms. The summed E-state index contributed by atoms with van der Waals surface area (Å²) in [5, 5.41) is 5.35. The molecule has 0 atom stereocenters. The number of anilines is 1. The number of aryl methyl sites for hydroxylation is 2. The van der Waals surface area contributed by atoms with Gasteiger partial charge in [0.2, 0.25) is 11.9 Å². The van der Waals surface area contributed by atoms with Crippen LogP contribution in [0.25, 0.3) is 0 Å². The van der Waals surface area contributed by atoms with Gasteiger partial charge in [0.25, 0.3) is 5.91 Å². The normalized spacial score (nSPS) is 10.2. The first-order valence-corrected chi connectivity index (χ1v) is 7.98. The highest BCUT2D eigenvalue weighted by atomic mass is 16.2. The summed E-state index contributed by atoms with van der Waals surface area (Å²) in [7, 11) is 3.72. The number of aromatic nitrogens is 2. The molecule has 2 rings (SSSR count). The van der Waals surface area contributed by atoms with Crippen molar-refractivity contribution in [3.63, 3.8) is 0 Å². The number of hydrogen-bond donors (Lipinski definition) is 2. The quantitative estimate of drug-likeness (QED) is 0.824. The van der Waals surface area contributed by atoms with Crippen LogP contribution in [0.5, 0.6) is 0 Å². The van der Waals surface area contributed by atoms with Gasteiger partial charge >= 0.3 is 0 Å². The molecule has 2 amide bonds. The van der Waals surface area contributed by atoms with Crippen molar-refractivity contribution in [3.05, 3.63) is 52.8 Å². The first-order chi connectivity index (χ1) is 11.8. The Hall–Kier alpha value is -2.96. The van der Waals surface area contributed by atoms with Gasteiger partial charge in [0, 0.05) is 25.4 Å². The molecule has 7 nitrogen and oxygen atoms in total. The van der Waals surface area contributed by atoms with Crippen LogP contribution in [0.2, 0.25) is 0 Å². The Morgan fingerprint density at radius 3 is 2.36 bits per heavy atom. The zero-order valence-corrected chi connectivity index (χ0v) is 15.0. The number of carbonyl (C=O) groups is 2. The van der Waals surface area contributed by atoms with Gasteiger partial charge in [0.05, 0.1) is 18.8 Å². The van der Waals surface area contributed by atoms with Crippen LogP contribution in [-0.2, 0) is 11.3 Å². The second-order valence-corrected chi connectivity index (χ2v) is 6.02. The number of hydrogen-bond acceptors (Lipinski definition) is 5. The molecular weight excluding hydrogens is 318 g/mol. The summed E-state index contributed by atoms with van der Waals surface area (Å²) >= 11 is 0. The van der Waals surface area contributed by atoms with Crippen LogP contribution < -0.4 is 15.5 Å². The molecule has 25 heavy (non-hydrogen) atoms. The van der Waals surface area contributed by atoms with E-state index in [1.54, 1.807) is 17.0 Å². The molecule has 2 N–H and O–H groups in total. The summed E-state index contributed by atoms with van der Waals surface area (Å²) in [6, 6.07) is 8.99. The van der Waals surface area contributed by atoms with Gasteiger partial charge in [-0.1, -0.05) is 17.7 Å². The molecule has 0 radical (unpaired) electrons. The van der Waals surface area contributed by atoms with E-state index in [1.165, 1.54) is 0 Å². The molecule has 1 heterocycles. The van der Waals surface area contributed by atoms with Crippen molar-refractivity contribution >= 4 is 17.8 Å². The fraction of sp³-hybridized carbons (Fsp3) is 0.333. The maximum atomic E-state index is 12.0. The lowest BCUT2D eigenvalue weighted by Crippen LogP contribution is -2.36. The van der Waals surface area contributed by atoms with Gasteiger partial charge in [-0.3, -0.25) is 9.59 Å². The number of nitrogens with one attached hydrogen (secondary N) is 2. The van der Waals surface area contributed by atoms with Crippen molar-refractivity contribution in [2.75, 3.05) is 25.5 Å². The SMILES string of the molecule is Cc1ccc(C(=O)NCC(=O)NCc2cc(C)nc(N(C)C)n2)cc1. The molecule has 1 aromatic carbocycles. The van der Waals surface area contributed by atoms with Gasteiger partial charge in [-0.25, -0.2) is 9.97 Å². The number of carbonyl (C=O) groups excluding carboxylic acids is 2. The first-order valence-electron chi connectivity index (χ1n) is 7.98. The third-order valence-electron chi connectivity index (χ3n) is 3.49. The standard InChI is InChI=1S/C18H23N5O2/c1-12-5-7-14(8-6-12)17(25)20-11-16(24)19-10-15-9-13(2)21-18(22-15)23(3)4/h5-9H,10-11H2,1-4H3,(H,19,24)(H,20,25). The molecule has 1 aromatic heterocycles. The van der Waals surface area contributed by atoms with Crippen LogP contribution in [0, 0.1) is 13.8 Å². The van der Waals surface area contributed by atoms with Gasteiger partial charge in [-0.2, -0.15) is 0 Å². The van der Waals surface area contributed by atoms with E-state index in [9.17, 15) is 9.59 Å². The maximum Gasteiger partial charge on any atom is 0.251 e. The van der Waals surface area contributed by atoms with Gasteiger partial charge in [0.15, 0.2) is 0 Å². The first kappa shape index (κ1) is 18.4. The zero-order chi connectivity index (χ0) is 18.4. The lowest BCUT2D eigenvalue weighted by Gasteiger charge is -2.13. The monoisotopic (exact) mass is 341 g/mol. The molecule has 0 spiro atoms. The van der Waals surface area contributed by atoms with E-state index in [4.69, 9.17) is 0 Å². The van der Waals surface area contributed by atoms with Crippen LogP contribution in [0.1, 0.15) is 27.3 Å². The largest absolute Gasteiger partial charge is 0.349 e. The van der Waals surface area contributed by atoms with Crippen molar-refractivity contribution in [1.29, 1.82) is 0 Å². The lowest BCUT2D eigenvalue weighted by molar-refractivity contribution is -0.120. The van der Waals surface area contributed by atoms with E-state index in [2.05, 4.69) is 20.6 Å². The fourth-order valence-electron chi connectivity index (χ4n) is 2.13. The predicted octanol–water partition coefficient (Wildman–Crippen LogP) is 1.21. The molecule has 0 fully saturated rings. The van der Waals surface area contributed by atoms with Gasteiger partial charge < -0.3 is 15.5 Å². The van der Waals surface area contributed by atoms with Crippen molar-refractivity contribution < 1.29 is 9.59 Å². The molecule has 0 aliphatic heterocycles. The number of amides is 2. The molecule has 0 saturated heterocycles. The number of benzene rings is 1. The summed E-state index contributed by atoms with van der Waals surface area (Å²) in [5.74, 6) is 0.0444. The molecular formula is C18H23N5O2. The topological polar surface area (TPSA) is 87.2 Å². The lowest BCUT2D eigenvalue weighted by atomic mass is 10.1. The predicted molar refractivity (Wildman–Crippen MR) is 96.5 cm³/mol. The average molecular weight is 341 g/mol. The Morgan fingerprint density at radius 2 is 1.72 bits per heavy atom. The van der Waals surface area contributed by atoms with Crippen LogP contribution in [0.15, 0.2) is 30.3 Å². The highest BCUT2D eigenvalue weighted by Gasteiger charge is 2.09. The minimum absolute atomic E-state index is 0.0860. The summed E-state index contributed by atoms with van der Waals surface area (Å²) in [4.78, 5) is 34.4. The molecule has 7 heteroatoms. The smallest absolute Gasteiger partial charge is 0.251 e. The summed E-state index contributed by atoms with van der Waals surface area (Å²) in [6.07, 6.45) is 0. The van der Waals surface area contributed by atoms with Crippen molar-refractivity contribution in [1.82, 2.24) is 20.6 Å². The Kier molecular flexibility index (Phi) is 6.05. The molecule has 0 saturated carbocycles. The number of rotatable bonds is 6. The van der Waals surface area contributed by atoms with E-state index >= 15 is 0 Å². The Balaban J connectivity index is 1.84. The molecule has 0 aliphatic rings. The van der Waals surface area contributed by atoms with E-state index in [0.717, 1.165) is 17.0 Å². The summed E-state index contributed by atoms with van der Waals surface area (Å²) in [5.41, 5.74) is 3.15. The average Bonchev–Trinajstić information content (AvgIpc) is 2.58. The van der Waals surface area contributed by atoms with Crippen LogP contribution in [0.4, 0.5) is 5.95 Å². The third-order valence-corrected chi connectivity index (χ3v) is 3.49. The fourth-order valence-corrected chi connectivity index (χ4v) is 2.13. The highest BCUT2D eigenvalue weighted by Crippen LogP contribution is 2.07. The van der Waals surface area contributed by atoms with E-state index in [0.29, 0.717) is 11.5 Å². The highest BCUT2D eigenvalue weighted by molar-refractivity contribution is 5.96. The van der Waals surface area contributed by atoms with E-state index < -0.39 is 0 Å². The third kappa shape index (κ3) is 5.56. The molecule has 0 unspecified atom stereocenters. The van der Waals surface area contributed by atoms with Crippen molar-refractivity contribution in [2.45, 2.75) is 20.4 Å². The minimum Gasteiger partial charge on any atom is -0.349 e. The van der Waals surface area contributed by atoms with Crippen LogP contribution in [0.3, 0.4) is 0 Å². The van der Waals surface area contributed by atoms with Crippen LogP contribution in [-0.4, -0.2) is 42.4 Å². The van der Waals surface area contributed by atoms with Gasteiger partial charge in [-0.05, 0) is 32.0 Å². The van der Waals surface area contributed by atoms with Gasteiger partial charge in [0.1, 0.15) is 0 Å². The Morgan fingerprint density at radius 1 is 1.04 bits per heavy atom. The second kappa shape index (κ2) is 8.23. The molecule has 132 valence electrons. The Bertz CT molecular complexity index is 757. The molecule has 0 aliphatic carbocycles. The number of nitrogens with zero attached hydrogens (tertiary/aromatic N) is 3. The van der Waals surface area contributed by atoms with E-state index in [-0.39, 0.29) is 24.9 Å². The van der Waals surface area contributed by atoms with Crippen molar-refractivity contribution in [3.8, 4) is 0 Å². The summed E-state index contributed by atoms with van der Waals surface area (Å²) < 4.78 is 0. The summed E-state index contributed by atoms with van der Waals surface area (Å²) in [6.45, 7) is 4.02. The minimum atomic E-state index is -0.275. The zero-order valence-electron chi connectivity index (χ0n) is 15.0. The second-order valence-electron chi connectivity index (χ2n) is 6.02. The van der Waals surface area contributed by atoms with Crippen LogP contribution >= 0.6 is 0 Å².